The van der Waals surface area contributed by atoms with E-state index in [0.29, 0.717) is 17.5 Å². The molecule has 0 bridgehead atoms. The summed E-state index contributed by atoms with van der Waals surface area (Å²) in [5, 5.41) is 7.04. The Bertz CT molecular complexity index is 2780. The molecule has 0 atom stereocenters. The monoisotopic (exact) mass is 614 g/mol. The highest BCUT2D eigenvalue weighted by molar-refractivity contribution is 6.21. The van der Waals surface area contributed by atoms with Crippen LogP contribution in [-0.4, -0.2) is 19.5 Å². The van der Waals surface area contributed by atoms with Gasteiger partial charge in [0.25, 0.3) is 0 Å². The summed E-state index contributed by atoms with van der Waals surface area (Å²) in [7, 11) is 0. The van der Waals surface area contributed by atoms with E-state index < -0.39 is 0 Å². The van der Waals surface area contributed by atoms with Crippen molar-refractivity contribution in [1.29, 1.82) is 0 Å². The molecule has 0 radical (unpaired) electrons. The maximum atomic E-state index is 6.75. The highest BCUT2D eigenvalue weighted by Gasteiger charge is 2.19. The minimum Gasteiger partial charge on any atom is -0.455 e. The van der Waals surface area contributed by atoms with Crippen LogP contribution in [0.15, 0.2) is 162 Å². The molecular formula is C43H26N4O. The molecule has 48 heavy (non-hydrogen) atoms. The number of hydrogen-bond acceptors (Lipinski definition) is 4. The summed E-state index contributed by atoms with van der Waals surface area (Å²) in [4.78, 5) is 14.8. The molecule has 0 spiro atoms. The van der Waals surface area contributed by atoms with Crippen LogP contribution >= 0.6 is 0 Å². The summed E-state index contributed by atoms with van der Waals surface area (Å²) in [6.07, 6.45) is 0. The average molecular weight is 615 g/mol. The normalized spacial score (nSPS) is 11.8. The summed E-state index contributed by atoms with van der Waals surface area (Å²) >= 11 is 0. The largest absolute Gasteiger partial charge is 0.455 e. The van der Waals surface area contributed by atoms with Crippen molar-refractivity contribution < 1.29 is 4.42 Å². The first kappa shape index (κ1) is 26.6. The van der Waals surface area contributed by atoms with Crippen molar-refractivity contribution in [3.63, 3.8) is 0 Å². The quantitative estimate of drug-likeness (QED) is 0.198. The molecule has 0 saturated carbocycles. The smallest absolute Gasteiger partial charge is 0.167 e. The summed E-state index contributed by atoms with van der Waals surface area (Å²) in [6.45, 7) is 0. The summed E-state index contributed by atoms with van der Waals surface area (Å²) in [5.41, 5.74) is 7.61. The number of furan rings is 1. The molecule has 224 valence electrons. The average Bonchev–Trinajstić information content (AvgIpc) is 3.71. The standard InChI is InChI=1S/C43H26N4O/c1-3-13-28(14-4-1)41-44-42(29-15-5-2-6-16-29)46-43(45-41)35-20-11-19-33-32-24-23-30(26-38(32)48-40(33)35)47-36-21-10-9-18-34(36)39-31-17-8-7-12-27(31)22-25-37(39)47/h1-26H. The summed E-state index contributed by atoms with van der Waals surface area (Å²) in [6, 6.07) is 54.4. The van der Waals surface area contributed by atoms with Gasteiger partial charge in [-0.25, -0.2) is 15.0 Å². The van der Waals surface area contributed by atoms with Gasteiger partial charge in [-0.2, -0.15) is 0 Å². The molecular weight excluding hydrogens is 589 g/mol. The molecule has 0 N–H and O–H groups in total. The van der Waals surface area contributed by atoms with Gasteiger partial charge in [-0.05, 0) is 41.1 Å². The minimum absolute atomic E-state index is 0.571. The Labute approximate surface area is 275 Å². The zero-order chi connectivity index (χ0) is 31.6. The maximum Gasteiger partial charge on any atom is 0.167 e. The van der Waals surface area contributed by atoms with Crippen molar-refractivity contribution in [2.75, 3.05) is 0 Å². The zero-order valence-corrected chi connectivity index (χ0v) is 25.7. The number of benzene rings is 7. The van der Waals surface area contributed by atoms with Crippen molar-refractivity contribution in [1.82, 2.24) is 19.5 Å². The summed E-state index contributed by atoms with van der Waals surface area (Å²) < 4.78 is 9.09. The molecule has 0 amide bonds. The van der Waals surface area contributed by atoms with Crippen molar-refractivity contribution >= 4 is 54.5 Å². The van der Waals surface area contributed by atoms with Gasteiger partial charge in [-0.1, -0.05) is 121 Å². The zero-order valence-electron chi connectivity index (χ0n) is 25.7. The molecule has 10 rings (SSSR count). The van der Waals surface area contributed by atoms with Gasteiger partial charge in [0.2, 0.25) is 0 Å². The second-order valence-corrected chi connectivity index (χ2v) is 12.0. The highest BCUT2D eigenvalue weighted by atomic mass is 16.3. The molecule has 0 aliphatic rings. The number of hydrogen-bond donors (Lipinski definition) is 0. The molecule has 5 heteroatoms. The van der Waals surface area contributed by atoms with Crippen molar-refractivity contribution in [3.05, 3.63) is 158 Å². The molecule has 0 aliphatic heterocycles. The third kappa shape index (κ3) is 4.08. The maximum absolute atomic E-state index is 6.75. The summed E-state index contributed by atoms with van der Waals surface area (Å²) in [5.74, 6) is 1.81. The number of nitrogens with zero attached hydrogens (tertiary/aromatic N) is 4. The Morgan fingerprint density at radius 2 is 1.08 bits per heavy atom. The fourth-order valence-corrected chi connectivity index (χ4v) is 7.05. The lowest BCUT2D eigenvalue weighted by Gasteiger charge is -2.08. The number of fused-ring (bicyclic) bond motifs is 8. The van der Waals surface area contributed by atoms with Gasteiger partial charge >= 0.3 is 0 Å². The molecule has 0 fully saturated rings. The van der Waals surface area contributed by atoms with Crippen molar-refractivity contribution in [2.24, 2.45) is 0 Å². The topological polar surface area (TPSA) is 56.7 Å². The van der Waals surface area contributed by atoms with E-state index in [9.17, 15) is 0 Å². The van der Waals surface area contributed by atoms with Crippen LogP contribution in [0.25, 0.3) is 94.4 Å². The Morgan fingerprint density at radius 1 is 0.438 bits per heavy atom. The number of rotatable bonds is 4. The molecule has 3 aromatic heterocycles. The van der Waals surface area contributed by atoms with Gasteiger partial charge in [-0.15, -0.1) is 0 Å². The van der Waals surface area contributed by atoms with E-state index >= 15 is 0 Å². The van der Waals surface area contributed by atoms with Crippen LogP contribution in [-0.2, 0) is 0 Å². The van der Waals surface area contributed by atoms with E-state index in [1.54, 1.807) is 0 Å². The predicted molar refractivity (Wildman–Crippen MR) is 195 cm³/mol. The Morgan fingerprint density at radius 3 is 1.85 bits per heavy atom. The highest BCUT2D eigenvalue weighted by Crippen LogP contribution is 2.40. The number of aromatic nitrogens is 4. The SMILES string of the molecule is c1ccc(-c2nc(-c3ccccc3)nc(-c3cccc4c3oc3cc(-n5c6ccccc6c6c7ccccc7ccc65)ccc34)n2)cc1. The van der Waals surface area contributed by atoms with E-state index in [2.05, 4.69) is 89.5 Å². The minimum atomic E-state index is 0.571. The van der Waals surface area contributed by atoms with Gasteiger partial charge in [0.1, 0.15) is 11.2 Å². The molecule has 7 aromatic carbocycles. The lowest BCUT2D eigenvalue weighted by Crippen LogP contribution is -2.00. The number of para-hydroxylation sites is 2. The van der Waals surface area contributed by atoms with Gasteiger partial charge in [0.05, 0.1) is 16.6 Å². The Hall–Kier alpha value is -6.59. The Kier molecular flexibility index (Phi) is 5.81. The first-order valence-corrected chi connectivity index (χ1v) is 16.0. The van der Waals surface area contributed by atoms with Crippen LogP contribution in [0.5, 0.6) is 0 Å². The first-order chi connectivity index (χ1) is 23.8. The van der Waals surface area contributed by atoms with E-state index in [1.165, 1.54) is 21.5 Å². The molecule has 0 unspecified atom stereocenters. The van der Waals surface area contributed by atoms with E-state index in [0.717, 1.165) is 55.3 Å². The van der Waals surface area contributed by atoms with Crippen LogP contribution < -0.4 is 0 Å². The fourth-order valence-electron chi connectivity index (χ4n) is 7.05. The van der Waals surface area contributed by atoms with Crippen LogP contribution in [0.4, 0.5) is 0 Å². The van der Waals surface area contributed by atoms with Gasteiger partial charge in [0, 0.05) is 44.4 Å². The van der Waals surface area contributed by atoms with Crippen LogP contribution in [0, 0.1) is 0 Å². The van der Waals surface area contributed by atoms with E-state index in [4.69, 9.17) is 19.4 Å². The van der Waals surface area contributed by atoms with Gasteiger partial charge in [-0.3, -0.25) is 0 Å². The Balaban J connectivity index is 1.19. The molecule has 0 saturated heterocycles. The molecule has 10 aromatic rings. The molecule has 3 heterocycles. The van der Waals surface area contributed by atoms with Crippen molar-refractivity contribution in [3.8, 4) is 39.9 Å². The lowest BCUT2D eigenvalue weighted by atomic mass is 10.0. The van der Waals surface area contributed by atoms with Crippen LogP contribution in [0.3, 0.4) is 0 Å². The lowest BCUT2D eigenvalue weighted by molar-refractivity contribution is 0.669. The fraction of sp³-hybridized carbons (Fsp3) is 0. The van der Waals surface area contributed by atoms with Gasteiger partial charge < -0.3 is 8.98 Å². The van der Waals surface area contributed by atoms with Gasteiger partial charge in [0.15, 0.2) is 17.5 Å². The second-order valence-electron chi connectivity index (χ2n) is 12.0. The van der Waals surface area contributed by atoms with Crippen LogP contribution in [0.2, 0.25) is 0 Å². The van der Waals surface area contributed by atoms with Crippen LogP contribution in [0.1, 0.15) is 0 Å². The second kappa shape index (κ2) is 10.5. The first-order valence-electron chi connectivity index (χ1n) is 16.0. The van der Waals surface area contributed by atoms with E-state index in [1.807, 2.05) is 72.8 Å². The third-order valence-corrected chi connectivity index (χ3v) is 9.24. The molecule has 0 aliphatic carbocycles. The van der Waals surface area contributed by atoms with Crippen molar-refractivity contribution in [2.45, 2.75) is 0 Å². The third-order valence-electron chi connectivity index (χ3n) is 9.24. The molecule has 5 nitrogen and oxygen atoms in total. The van der Waals surface area contributed by atoms with E-state index in [-0.39, 0.29) is 0 Å². The predicted octanol–water partition coefficient (Wildman–Crippen LogP) is 11.0.